The zero-order valence-corrected chi connectivity index (χ0v) is 14.4. The van der Waals surface area contributed by atoms with Gasteiger partial charge in [-0.05, 0) is 43.3 Å². The van der Waals surface area contributed by atoms with Crippen molar-refractivity contribution in [3.8, 4) is 11.4 Å². The third kappa shape index (κ3) is 3.01. The minimum Gasteiger partial charge on any atom is -0.496 e. The van der Waals surface area contributed by atoms with E-state index in [9.17, 15) is 4.21 Å². The maximum Gasteiger partial charge on any atom is 0.197 e. The number of pyridine rings is 1. The molecule has 0 aliphatic rings. The van der Waals surface area contributed by atoms with Crippen LogP contribution in [0.4, 0.5) is 0 Å². The first-order chi connectivity index (χ1) is 15.4. The molecule has 0 aliphatic heterocycles. The first-order valence-electron chi connectivity index (χ1n) is 11.1. The van der Waals surface area contributed by atoms with E-state index in [1.807, 2.05) is 35.2 Å². The fourth-order valence-corrected chi connectivity index (χ4v) is 3.34. The van der Waals surface area contributed by atoms with E-state index in [4.69, 9.17) is 14.3 Å². The second-order valence-corrected chi connectivity index (χ2v) is 6.59. The van der Waals surface area contributed by atoms with Crippen LogP contribution in [0, 0.1) is 6.92 Å². The smallest absolute Gasteiger partial charge is 0.197 e. The number of benzene rings is 1. The van der Waals surface area contributed by atoms with Gasteiger partial charge in [0.25, 0.3) is 0 Å². The Morgan fingerprint density at radius 3 is 3.08 bits per heavy atom. The van der Waals surface area contributed by atoms with E-state index in [0.29, 0.717) is 11.0 Å². The lowest BCUT2D eigenvalue weighted by molar-refractivity contribution is 0.410. The normalized spacial score (nSPS) is 17.3. The number of rotatable bonds is 5. The molecule has 0 radical (unpaired) electrons. The Kier molecular flexibility index (Phi) is 2.67. The molecule has 3 heterocycles. The van der Waals surface area contributed by atoms with Crippen LogP contribution in [-0.4, -0.2) is 30.8 Å². The van der Waals surface area contributed by atoms with Crippen LogP contribution < -0.4 is 4.74 Å². The van der Waals surface area contributed by atoms with Crippen LogP contribution in [0.3, 0.4) is 0 Å². The number of ether oxygens (including phenoxy) is 1. The fraction of sp³-hybridized carbons (Fsp3) is 0.158. The predicted octanol–water partition coefficient (Wildman–Crippen LogP) is 3.37. The summed E-state index contributed by atoms with van der Waals surface area (Å²) >= 11 is 0. The van der Waals surface area contributed by atoms with Gasteiger partial charge in [0.1, 0.15) is 5.75 Å². The molecule has 0 bridgehead atoms. The van der Waals surface area contributed by atoms with Crippen LogP contribution in [0.15, 0.2) is 60.1 Å². The highest BCUT2D eigenvalue weighted by atomic mass is 32.2. The molecule has 1 aromatic carbocycles. The molecule has 6 nitrogen and oxygen atoms in total. The van der Waals surface area contributed by atoms with Gasteiger partial charge in [-0.3, -0.25) is 9.19 Å². The second-order valence-electron chi connectivity index (χ2n) is 5.46. The Balaban J connectivity index is 1.76. The molecule has 0 amide bonds. The van der Waals surface area contributed by atoms with E-state index in [1.165, 1.54) is 6.92 Å². The van der Waals surface area contributed by atoms with E-state index in [0.717, 1.165) is 5.69 Å². The van der Waals surface area contributed by atoms with Gasteiger partial charge in [-0.1, -0.05) is 0 Å². The SMILES string of the molecule is [2H]c1nc(C([2H])([2H])S(=O)c2nc3ccc(-n4cccc4)cc3[nH]2)c(C)c(OC([2H])([2H])[2H])c1[2H]. The molecule has 0 saturated carbocycles. The van der Waals surface area contributed by atoms with Gasteiger partial charge < -0.3 is 14.3 Å². The largest absolute Gasteiger partial charge is 0.496 e. The maximum absolute atomic E-state index is 13.2. The third-order valence-corrected chi connectivity index (χ3v) is 4.77. The maximum atomic E-state index is 13.2. The molecule has 0 spiro atoms. The van der Waals surface area contributed by atoms with Crippen LogP contribution in [0.2, 0.25) is 0 Å². The first-order valence-corrected chi connectivity index (χ1v) is 8.76. The van der Waals surface area contributed by atoms with Crippen molar-refractivity contribution in [3.63, 3.8) is 0 Å². The average Bonchev–Trinajstić information content (AvgIpc) is 3.41. The van der Waals surface area contributed by atoms with Gasteiger partial charge in [-0.2, -0.15) is 0 Å². The van der Waals surface area contributed by atoms with Gasteiger partial charge in [-0.15, -0.1) is 0 Å². The summed E-state index contributed by atoms with van der Waals surface area (Å²) in [5, 5.41) is -0.152. The molecular formula is C19H18N4O2S. The minimum absolute atomic E-state index is 0.128. The van der Waals surface area contributed by atoms with Crippen LogP contribution in [0.25, 0.3) is 16.7 Å². The highest BCUT2D eigenvalue weighted by Crippen LogP contribution is 2.22. The Morgan fingerprint density at radius 2 is 2.27 bits per heavy atom. The monoisotopic (exact) mass is 373 g/mol. The molecular weight excluding hydrogens is 348 g/mol. The third-order valence-electron chi connectivity index (χ3n) is 3.85. The fourth-order valence-electron chi connectivity index (χ4n) is 2.49. The van der Waals surface area contributed by atoms with Crippen molar-refractivity contribution >= 4 is 21.8 Å². The standard InChI is InChI=1S/C19H18N4O2S/c1-13-17(20-8-7-18(13)25-2)12-26(24)19-21-15-6-5-14(11-16(15)22-19)23-9-3-4-10-23/h3-11H,12H2,1-2H3,(H,21,22)/i2D3,7D,8D,12D2. The summed E-state index contributed by atoms with van der Waals surface area (Å²) in [6, 6.07) is 8.44. The predicted molar refractivity (Wildman–Crippen MR) is 101 cm³/mol. The lowest BCUT2D eigenvalue weighted by atomic mass is 10.2. The van der Waals surface area contributed by atoms with Gasteiger partial charge in [0, 0.05) is 32.6 Å². The first kappa shape index (κ1) is 10.3. The van der Waals surface area contributed by atoms with Crippen molar-refractivity contribution in [1.82, 2.24) is 19.5 Å². The lowest BCUT2D eigenvalue weighted by Gasteiger charge is -2.08. The summed E-state index contributed by atoms with van der Waals surface area (Å²) < 4.78 is 74.5. The highest BCUT2D eigenvalue weighted by Gasteiger charge is 2.15. The molecule has 1 N–H and O–H groups in total. The minimum atomic E-state index is -2.92. The molecule has 4 rings (SSSR count). The van der Waals surface area contributed by atoms with E-state index in [2.05, 4.69) is 15.0 Å². The molecule has 1 unspecified atom stereocenters. The Morgan fingerprint density at radius 1 is 1.42 bits per heavy atom. The van der Waals surface area contributed by atoms with Crippen LogP contribution in [0.1, 0.15) is 20.9 Å². The number of methoxy groups -OCH3 is 1. The summed E-state index contributed by atoms with van der Waals surface area (Å²) in [6.07, 6.45) is 3.02. The van der Waals surface area contributed by atoms with E-state index >= 15 is 0 Å². The summed E-state index contributed by atoms with van der Waals surface area (Å²) in [7, 11) is -5.34. The number of aromatic nitrogens is 4. The Labute approximate surface area is 163 Å². The molecule has 132 valence electrons. The van der Waals surface area contributed by atoms with Gasteiger partial charge >= 0.3 is 0 Å². The number of nitrogens with one attached hydrogen (secondary N) is 1. The topological polar surface area (TPSA) is 72.8 Å². The zero-order valence-electron chi connectivity index (χ0n) is 20.6. The summed E-state index contributed by atoms with van der Waals surface area (Å²) in [4.78, 5) is 10.9. The highest BCUT2D eigenvalue weighted by molar-refractivity contribution is 7.84. The number of imidazole rings is 1. The van der Waals surface area contributed by atoms with Gasteiger partial charge in [0.15, 0.2) is 5.16 Å². The number of fused-ring (bicyclic) bond motifs is 1. The number of H-pyrrole nitrogens is 1. The lowest BCUT2D eigenvalue weighted by Crippen LogP contribution is -2.03. The van der Waals surface area contributed by atoms with Crippen molar-refractivity contribution in [1.29, 1.82) is 0 Å². The van der Waals surface area contributed by atoms with Crippen LogP contribution in [0.5, 0.6) is 5.75 Å². The van der Waals surface area contributed by atoms with Crippen molar-refractivity contribution in [3.05, 3.63) is 66.2 Å². The van der Waals surface area contributed by atoms with Crippen LogP contribution in [-0.2, 0) is 16.5 Å². The van der Waals surface area contributed by atoms with Crippen molar-refractivity contribution in [2.45, 2.75) is 17.8 Å². The number of nitrogens with zero attached hydrogens (tertiary/aromatic N) is 3. The van der Waals surface area contributed by atoms with Gasteiger partial charge in [0.2, 0.25) is 0 Å². The van der Waals surface area contributed by atoms with E-state index in [-0.39, 0.29) is 10.7 Å². The molecule has 1 atom stereocenters. The average molecular weight is 373 g/mol. The van der Waals surface area contributed by atoms with Gasteiger partial charge in [-0.25, -0.2) is 4.98 Å². The zero-order chi connectivity index (χ0) is 24.1. The molecule has 0 aliphatic carbocycles. The Bertz CT molecular complexity index is 1370. The molecule has 3 aromatic heterocycles. The molecule has 4 aromatic rings. The molecule has 0 fully saturated rings. The number of aromatic amines is 1. The van der Waals surface area contributed by atoms with Crippen molar-refractivity contribution in [2.75, 3.05) is 7.04 Å². The van der Waals surface area contributed by atoms with Crippen LogP contribution >= 0.6 is 0 Å². The Hall–Kier alpha value is -2.93. The summed E-state index contributed by atoms with van der Waals surface area (Å²) in [6.45, 7) is 1.30. The summed E-state index contributed by atoms with van der Waals surface area (Å²) in [5.74, 6) is -0.508. The second kappa shape index (κ2) is 6.76. The molecule has 0 saturated heterocycles. The van der Waals surface area contributed by atoms with Crippen molar-refractivity contribution in [2.24, 2.45) is 0 Å². The molecule has 26 heavy (non-hydrogen) atoms. The van der Waals surface area contributed by atoms with E-state index < -0.39 is 47.2 Å². The van der Waals surface area contributed by atoms with Gasteiger partial charge in [0.05, 0.1) is 47.1 Å². The van der Waals surface area contributed by atoms with E-state index in [1.54, 1.807) is 12.1 Å². The number of hydrogen-bond acceptors (Lipinski definition) is 4. The quantitative estimate of drug-likeness (QED) is 0.582. The summed E-state index contributed by atoms with van der Waals surface area (Å²) in [5.41, 5.74) is -1.42. The number of hydrogen-bond donors (Lipinski definition) is 1. The molecule has 7 heteroatoms. The van der Waals surface area contributed by atoms with Crippen molar-refractivity contribution < 1.29 is 18.5 Å².